The van der Waals surface area contributed by atoms with Crippen molar-refractivity contribution < 1.29 is 9.53 Å². The molecule has 1 aliphatic heterocycles. The van der Waals surface area contributed by atoms with E-state index in [1.165, 1.54) is 19.3 Å². The second kappa shape index (κ2) is 7.05. The molecular weight excluding hydrogens is 262 g/mol. The molecule has 2 rings (SSSR count). The highest BCUT2D eigenvalue weighted by molar-refractivity contribution is 7.80. The smallest absolute Gasteiger partial charge is 0.318 e. The van der Waals surface area contributed by atoms with E-state index >= 15 is 0 Å². The van der Waals surface area contributed by atoms with Gasteiger partial charge < -0.3 is 20.7 Å². The first kappa shape index (κ1) is 14.5. The molecule has 108 valence electrons. The van der Waals surface area contributed by atoms with Crippen LogP contribution in [0.4, 0.5) is 4.79 Å². The van der Waals surface area contributed by atoms with E-state index in [-0.39, 0.29) is 12.1 Å². The van der Waals surface area contributed by atoms with Crippen LogP contribution >= 0.6 is 12.2 Å². The summed E-state index contributed by atoms with van der Waals surface area (Å²) in [5.41, 5.74) is 5.82. The highest BCUT2D eigenvalue weighted by atomic mass is 32.1. The van der Waals surface area contributed by atoms with Crippen molar-refractivity contribution in [1.82, 2.24) is 10.2 Å². The minimum absolute atomic E-state index is 0.0633. The number of nitrogens with one attached hydrogen (secondary N) is 1. The Morgan fingerprint density at radius 3 is 2.47 bits per heavy atom. The number of carbonyl (C=O) groups excluding carboxylic acids is 1. The Labute approximate surface area is 119 Å². The van der Waals surface area contributed by atoms with E-state index in [4.69, 9.17) is 22.7 Å². The molecule has 1 saturated carbocycles. The zero-order valence-corrected chi connectivity index (χ0v) is 12.1. The molecule has 6 heteroatoms. The van der Waals surface area contributed by atoms with Crippen LogP contribution in [0.25, 0.3) is 0 Å². The van der Waals surface area contributed by atoms with Gasteiger partial charge in [0.05, 0.1) is 24.2 Å². The molecule has 0 aromatic heterocycles. The molecule has 3 N–H and O–H groups in total. The van der Waals surface area contributed by atoms with E-state index in [1.807, 2.05) is 0 Å². The first-order valence-corrected chi connectivity index (χ1v) is 7.52. The Hall–Kier alpha value is -0.880. The molecule has 0 aromatic carbocycles. The lowest BCUT2D eigenvalue weighted by Crippen LogP contribution is -2.54. The number of rotatable bonds is 3. The standard InChI is InChI=1S/C13H23N3O2S/c14-12(19)11(10-4-2-1-3-5-10)15-13(17)16-6-8-18-9-7-16/h10-11H,1-9H2,(H2,14,19)(H,15,17). The number of morpholine rings is 1. The maximum atomic E-state index is 12.2. The van der Waals surface area contributed by atoms with Gasteiger partial charge in [-0.15, -0.1) is 0 Å². The van der Waals surface area contributed by atoms with Crippen LogP contribution in [0.15, 0.2) is 0 Å². The van der Waals surface area contributed by atoms with Crippen molar-refractivity contribution in [3.8, 4) is 0 Å². The largest absolute Gasteiger partial charge is 0.392 e. The number of urea groups is 1. The Morgan fingerprint density at radius 1 is 1.26 bits per heavy atom. The van der Waals surface area contributed by atoms with E-state index < -0.39 is 0 Å². The number of nitrogens with two attached hydrogens (primary N) is 1. The third-order valence-electron chi connectivity index (χ3n) is 4.01. The summed E-state index contributed by atoms with van der Waals surface area (Å²) < 4.78 is 5.25. The second-order valence-electron chi connectivity index (χ2n) is 5.33. The molecule has 2 fully saturated rings. The third kappa shape index (κ3) is 4.04. The van der Waals surface area contributed by atoms with Crippen molar-refractivity contribution in [2.24, 2.45) is 11.7 Å². The number of thiocarbonyl (C=S) groups is 1. The van der Waals surface area contributed by atoms with E-state index in [1.54, 1.807) is 4.90 Å². The van der Waals surface area contributed by atoms with Crippen molar-refractivity contribution in [3.63, 3.8) is 0 Å². The van der Waals surface area contributed by atoms with Crippen LogP contribution in [0.5, 0.6) is 0 Å². The molecule has 1 unspecified atom stereocenters. The van der Waals surface area contributed by atoms with Gasteiger partial charge in [-0.05, 0) is 18.8 Å². The molecule has 0 radical (unpaired) electrons. The van der Waals surface area contributed by atoms with Gasteiger partial charge in [0.2, 0.25) is 0 Å². The fourth-order valence-corrected chi connectivity index (χ4v) is 3.13. The summed E-state index contributed by atoms with van der Waals surface area (Å²) in [5, 5.41) is 3.02. The van der Waals surface area contributed by atoms with Crippen molar-refractivity contribution in [2.75, 3.05) is 26.3 Å². The van der Waals surface area contributed by atoms with E-state index in [9.17, 15) is 4.79 Å². The van der Waals surface area contributed by atoms with Crippen LogP contribution in [0.2, 0.25) is 0 Å². The van der Waals surface area contributed by atoms with E-state index in [0.29, 0.717) is 37.2 Å². The van der Waals surface area contributed by atoms with Gasteiger partial charge in [0.25, 0.3) is 0 Å². The number of hydrogen-bond donors (Lipinski definition) is 2. The molecule has 1 aliphatic carbocycles. The van der Waals surface area contributed by atoms with Gasteiger partial charge in [-0.1, -0.05) is 31.5 Å². The lowest BCUT2D eigenvalue weighted by molar-refractivity contribution is 0.0524. The topological polar surface area (TPSA) is 67.6 Å². The number of nitrogens with zero attached hydrogens (tertiary/aromatic N) is 1. The van der Waals surface area contributed by atoms with Gasteiger partial charge in [-0.2, -0.15) is 0 Å². The van der Waals surface area contributed by atoms with Crippen LogP contribution in [0.3, 0.4) is 0 Å². The summed E-state index contributed by atoms with van der Waals surface area (Å²) in [6.45, 7) is 2.49. The summed E-state index contributed by atoms with van der Waals surface area (Å²) in [6.07, 6.45) is 5.89. The minimum Gasteiger partial charge on any atom is -0.392 e. The van der Waals surface area contributed by atoms with Crippen LogP contribution in [-0.4, -0.2) is 48.3 Å². The molecule has 5 nitrogen and oxygen atoms in total. The number of ether oxygens (including phenoxy) is 1. The van der Waals surface area contributed by atoms with Crippen LogP contribution in [-0.2, 0) is 4.74 Å². The minimum atomic E-state index is -0.161. The van der Waals surface area contributed by atoms with Crippen molar-refractivity contribution in [3.05, 3.63) is 0 Å². The zero-order valence-electron chi connectivity index (χ0n) is 11.3. The Balaban J connectivity index is 1.91. The van der Waals surface area contributed by atoms with Gasteiger partial charge in [0.1, 0.15) is 0 Å². The molecule has 2 aliphatic rings. The normalized spacial score (nSPS) is 22.8. The van der Waals surface area contributed by atoms with Crippen molar-refractivity contribution in [1.29, 1.82) is 0 Å². The first-order chi connectivity index (χ1) is 9.18. The summed E-state index contributed by atoms with van der Waals surface area (Å²) in [6, 6.07) is -0.225. The van der Waals surface area contributed by atoms with Gasteiger partial charge in [0.15, 0.2) is 0 Å². The molecule has 19 heavy (non-hydrogen) atoms. The fourth-order valence-electron chi connectivity index (χ4n) is 2.88. The summed E-state index contributed by atoms with van der Waals surface area (Å²) in [4.78, 5) is 14.4. The SMILES string of the molecule is NC(=S)C(NC(=O)N1CCOCC1)C1CCCCC1. The summed E-state index contributed by atoms with van der Waals surface area (Å²) in [5.74, 6) is 0.399. The predicted molar refractivity (Wildman–Crippen MR) is 78.1 cm³/mol. The lowest BCUT2D eigenvalue weighted by atomic mass is 9.84. The van der Waals surface area contributed by atoms with Crippen LogP contribution in [0.1, 0.15) is 32.1 Å². The quantitative estimate of drug-likeness (QED) is 0.766. The Kier molecular flexibility index (Phi) is 5.39. The number of amides is 2. The third-order valence-corrected chi connectivity index (χ3v) is 4.26. The maximum absolute atomic E-state index is 12.2. The fraction of sp³-hybridized carbons (Fsp3) is 0.846. The van der Waals surface area contributed by atoms with E-state index in [2.05, 4.69) is 5.32 Å². The lowest BCUT2D eigenvalue weighted by Gasteiger charge is -2.33. The van der Waals surface area contributed by atoms with Gasteiger partial charge in [0, 0.05) is 13.1 Å². The molecule has 0 aromatic rings. The predicted octanol–water partition coefficient (Wildman–Crippen LogP) is 1.26. The van der Waals surface area contributed by atoms with Gasteiger partial charge >= 0.3 is 6.03 Å². The molecule has 1 saturated heterocycles. The van der Waals surface area contributed by atoms with Crippen LogP contribution in [0, 0.1) is 5.92 Å². The first-order valence-electron chi connectivity index (χ1n) is 7.11. The molecule has 0 bridgehead atoms. The van der Waals surface area contributed by atoms with Crippen molar-refractivity contribution in [2.45, 2.75) is 38.1 Å². The highest BCUT2D eigenvalue weighted by Crippen LogP contribution is 2.26. The summed E-state index contributed by atoms with van der Waals surface area (Å²) >= 11 is 5.14. The molecule has 2 amide bonds. The van der Waals surface area contributed by atoms with Gasteiger partial charge in [-0.3, -0.25) is 0 Å². The average Bonchev–Trinajstić information content (AvgIpc) is 2.46. The number of hydrogen-bond acceptors (Lipinski definition) is 3. The Bertz CT molecular complexity index is 326. The highest BCUT2D eigenvalue weighted by Gasteiger charge is 2.29. The second-order valence-corrected chi connectivity index (χ2v) is 5.80. The molecule has 0 spiro atoms. The zero-order chi connectivity index (χ0) is 13.7. The van der Waals surface area contributed by atoms with Crippen LogP contribution < -0.4 is 11.1 Å². The monoisotopic (exact) mass is 285 g/mol. The molecule has 1 atom stereocenters. The average molecular weight is 285 g/mol. The Morgan fingerprint density at radius 2 is 1.89 bits per heavy atom. The van der Waals surface area contributed by atoms with Gasteiger partial charge in [-0.25, -0.2) is 4.79 Å². The maximum Gasteiger partial charge on any atom is 0.318 e. The number of carbonyl (C=O) groups is 1. The van der Waals surface area contributed by atoms with Crippen molar-refractivity contribution >= 4 is 23.2 Å². The molecular formula is C13H23N3O2S. The van der Waals surface area contributed by atoms with E-state index in [0.717, 1.165) is 12.8 Å². The molecule has 1 heterocycles. The summed E-state index contributed by atoms with van der Waals surface area (Å²) in [7, 11) is 0.